The maximum absolute atomic E-state index is 12.6. The largest absolute Gasteiger partial charge is 0.376 e. The molecule has 2 unspecified atom stereocenters. The number of benzene rings is 1. The molecule has 1 saturated heterocycles. The molecule has 31 heavy (non-hydrogen) atoms. The molecule has 0 bridgehead atoms. The number of fused-ring (bicyclic) bond motifs is 3. The zero-order valence-corrected chi connectivity index (χ0v) is 17.5. The molecule has 3 N–H and O–H groups in total. The highest BCUT2D eigenvalue weighted by atomic mass is 16.5. The zero-order chi connectivity index (χ0) is 21.4. The summed E-state index contributed by atoms with van der Waals surface area (Å²) in [6.07, 6.45) is 5.41. The highest BCUT2D eigenvalue weighted by Gasteiger charge is 2.29. The molecule has 8 heteroatoms. The zero-order valence-electron chi connectivity index (χ0n) is 17.5. The summed E-state index contributed by atoms with van der Waals surface area (Å²) in [7, 11) is 0. The van der Waals surface area contributed by atoms with Crippen LogP contribution in [0.4, 0.5) is 5.69 Å². The van der Waals surface area contributed by atoms with E-state index in [2.05, 4.69) is 16.0 Å². The van der Waals surface area contributed by atoms with Crippen molar-refractivity contribution in [1.82, 2.24) is 15.2 Å². The standard InChI is InChI=1S/C23H28N4O4/c28-21(24-13-18-5-2-8-31-18)11-17-12-25-23(30)20-10-15-9-16(6-7-19(15)27(17)20)26-22(29)14-3-1-4-14/h6-7,9-10,14,17-18H,1-5,8,11-13H2,(H,24,28)(H,25,30)(H,26,29). The Kier molecular flexibility index (Phi) is 5.40. The van der Waals surface area contributed by atoms with Gasteiger partial charge in [0.2, 0.25) is 11.8 Å². The maximum Gasteiger partial charge on any atom is 0.268 e. The van der Waals surface area contributed by atoms with Crippen LogP contribution in [0, 0.1) is 5.92 Å². The molecule has 2 atom stereocenters. The smallest absolute Gasteiger partial charge is 0.268 e. The lowest BCUT2D eigenvalue weighted by molar-refractivity contribution is -0.123. The van der Waals surface area contributed by atoms with Gasteiger partial charge in [0, 0.05) is 48.6 Å². The van der Waals surface area contributed by atoms with Crippen molar-refractivity contribution in [1.29, 1.82) is 0 Å². The minimum absolute atomic E-state index is 0.0474. The summed E-state index contributed by atoms with van der Waals surface area (Å²) in [6, 6.07) is 7.36. The van der Waals surface area contributed by atoms with Crippen molar-refractivity contribution in [3.63, 3.8) is 0 Å². The SMILES string of the molecule is O=C(CC1CNC(=O)c2cc3cc(NC(=O)C4CCC4)ccc3n21)NCC1CCCO1. The molecule has 5 rings (SSSR count). The first-order valence-electron chi connectivity index (χ1n) is 11.2. The molecule has 8 nitrogen and oxygen atoms in total. The van der Waals surface area contributed by atoms with E-state index in [1.54, 1.807) is 0 Å². The second-order valence-electron chi connectivity index (χ2n) is 8.80. The number of nitrogens with zero attached hydrogens (tertiary/aromatic N) is 1. The Morgan fingerprint density at radius 1 is 1.16 bits per heavy atom. The van der Waals surface area contributed by atoms with Crippen LogP contribution in [0.1, 0.15) is 55.1 Å². The second kappa shape index (κ2) is 8.34. The quantitative estimate of drug-likeness (QED) is 0.663. The van der Waals surface area contributed by atoms with E-state index >= 15 is 0 Å². The highest BCUT2D eigenvalue weighted by molar-refractivity contribution is 6.01. The molecule has 1 aliphatic carbocycles. The van der Waals surface area contributed by atoms with Crippen LogP contribution in [0.25, 0.3) is 10.9 Å². The van der Waals surface area contributed by atoms with Crippen LogP contribution in [-0.2, 0) is 14.3 Å². The van der Waals surface area contributed by atoms with Gasteiger partial charge in [0.15, 0.2) is 0 Å². The van der Waals surface area contributed by atoms with E-state index in [9.17, 15) is 14.4 Å². The molecule has 2 aliphatic heterocycles. The summed E-state index contributed by atoms with van der Waals surface area (Å²) in [5.41, 5.74) is 2.17. The van der Waals surface area contributed by atoms with E-state index < -0.39 is 0 Å². The van der Waals surface area contributed by atoms with Crippen LogP contribution in [0.5, 0.6) is 0 Å². The number of carbonyl (C=O) groups excluding carboxylic acids is 3. The molecule has 2 fully saturated rings. The van der Waals surface area contributed by atoms with E-state index in [0.717, 1.165) is 55.3 Å². The van der Waals surface area contributed by atoms with Crippen LogP contribution in [0.15, 0.2) is 24.3 Å². The summed E-state index contributed by atoms with van der Waals surface area (Å²) in [4.78, 5) is 37.3. The minimum Gasteiger partial charge on any atom is -0.376 e. The Morgan fingerprint density at radius 2 is 2.03 bits per heavy atom. The van der Waals surface area contributed by atoms with Crippen molar-refractivity contribution in [3.05, 3.63) is 30.0 Å². The summed E-state index contributed by atoms with van der Waals surface area (Å²) in [5, 5.41) is 9.73. The maximum atomic E-state index is 12.6. The van der Waals surface area contributed by atoms with Crippen molar-refractivity contribution < 1.29 is 19.1 Å². The van der Waals surface area contributed by atoms with E-state index in [4.69, 9.17) is 4.74 Å². The normalized spacial score (nSPS) is 23.2. The van der Waals surface area contributed by atoms with Crippen LogP contribution < -0.4 is 16.0 Å². The van der Waals surface area contributed by atoms with Gasteiger partial charge in [0.05, 0.1) is 12.1 Å². The van der Waals surface area contributed by atoms with Crippen molar-refractivity contribution in [2.24, 2.45) is 5.92 Å². The molecule has 0 radical (unpaired) electrons. The van der Waals surface area contributed by atoms with E-state index in [0.29, 0.717) is 18.8 Å². The molecule has 3 aliphatic rings. The van der Waals surface area contributed by atoms with Gasteiger partial charge in [0.25, 0.3) is 5.91 Å². The number of rotatable bonds is 6. The van der Waals surface area contributed by atoms with E-state index in [-0.39, 0.29) is 42.2 Å². The molecular formula is C23H28N4O4. The average Bonchev–Trinajstić information content (AvgIpc) is 3.35. The Hall–Kier alpha value is -2.87. The van der Waals surface area contributed by atoms with Crippen molar-refractivity contribution in [2.45, 2.75) is 50.7 Å². The lowest BCUT2D eigenvalue weighted by Crippen LogP contribution is -2.41. The Bertz CT molecular complexity index is 1020. The number of carbonyl (C=O) groups is 3. The number of nitrogens with one attached hydrogen (secondary N) is 3. The number of hydrogen-bond donors (Lipinski definition) is 3. The third-order valence-electron chi connectivity index (χ3n) is 6.65. The number of aromatic nitrogens is 1. The van der Waals surface area contributed by atoms with Gasteiger partial charge < -0.3 is 25.3 Å². The monoisotopic (exact) mass is 424 g/mol. The molecule has 3 heterocycles. The molecule has 3 amide bonds. The van der Waals surface area contributed by atoms with Crippen molar-refractivity contribution >= 4 is 34.3 Å². The number of amides is 3. The van der Waals surface area contributed by atoms with Gasteiger partial charge in [-0.25, -0.2) is 0 Å². The number of hydrogen-bond acceptors (Lipinski definition) is 4. The molecule has 1 saturated carbocycles. The third kappa shape index (κ3) is 4.04. The fraction of sp³-hybridized carbons (Fsp3) is 0.522. The highest BCUT2D eigenvalue weighted by Crippen LogP contribution is 2.32. The molecule has 1 aromatic carbocycles. The Morgan fingerprint density at radius 3 is 2.77 bits per heavy atom. The molecule has 2 aromatic rings. The first-order chi connectivity index (χ1) is 15.1. The first kappa shape index (κ1) is 20.1. The van der Waals surface area contributed by atoms with Crippen LogP contribution in [0.2, 0.25) is 0 Å². The van der Waals surface area contributed by atoms with E-state index in [1.807, 2.05) is 28.8 Å². The molecular weight excluding hydrogens is 396 g/mol. The van der Waals surface area contributed by atoms with Gasteiger partial charge in [-0.1, -0.05) is 6.42 Å². The second-order valence-corrected chi connectivity index (χ2v) is 8.80. The van der Waals surface area contributed by atoms with Crippen LogP contribution in [0.3, 0.4) is 0 Å². The summed E-state index contributed by atoms with van der Waals surface area (Å²) < 4.78 is 7.52. The van der Waals surface area contributed by atoms with Gasteiger partial charge in [-0.3, -0.25) is 14.4 Å². The van der Waals surface area contributed by atoms with Gasteiger partial charge >= 0.3 is 0 Å². The Labute approximate surface area is 180 Å². The lowest BCUT2D eigenvalue weighted by atomic mass is 9.85. The van der Waals surface area contributed by atoms with Gasteiger partial charge in [0.1, 0.15) is 5.69 Å². The molecule has 1 aromatic heterocycles. The van der Waals surface area contributed by atoms with Crippen molar-refractivity contribution in [3.8, 4) is 0 Å². The third-order valence-corrected chi connectivity index (χ3v) is 6.65. The predicted octanol–water partition coefficient (Wildman–Crippen LogP) is 2.35. The minimum atomic E-state index is -0.162. The fourth-order valence-corrected chi connectivity index (χ4v) is 4.67. The van der Waals surface area contributed by atoms with Gasteiger partial charge in [-0.15, -0.1) is 0 Å². The van der Waals surface area contributed by atoms with Crippen LogP contribution in [-0.4, -0.2) is 48.1 Å². The lowest BCUT2D eigenvalue weighted by Gasteiger charge is -2.27. The summed E-state index contributed by atoms with van der Waals surface area (Å²) in [5.74, 6) is -0.0181. The number of anilines is 1. The fourth-order valence-electron chi connectivity index (χ4n) is 4.67. The predicted molar refractivity (Wildman–Crippen MR) is 116 cm³/mol. The Balaban J connectivity index is 1.33. The average molecular weight is 425 g/mol. The summed E-state index contributed by atoms with van der Waals surface area (Å²) in [6.45, 7) is 1.70. The molecule has 0 spiro atoms. The van der Waals surface area contributed by atoms with E-state index in [1.165, 1.54) is 0 Å². The topological polar surface area (TPSA) is 101 Å². The molecule has 164 valence electrons. The van der Waals surface area contributed by atoms with Crippen LogP contribution >= 0.6 is 0 Å². The van der Waals surface area contributed by atoms with Gasteiger partial charge in [-0.2, -0.15) is 0 Å². The van der Waals surface area contributed by atoms with Crippen molar-refractivity contribution in [2.75, 3.05) is 25.0 Å². The number of ether oxygens (including phenoxy) is 1. The van der Waals surface area contributed by atoms with Gasteiger partial charge in [-0.05, 0) is 49.9 Å². The first-order valence-corrected chi connectivity index (χ1v) is 11.2. The summed E-state index contributed by atoms with van der Waals surface area (Å²) >= 11 is 0.